The third-order valence-corrected chi connectivity index (χ3v) is 7.61. The van der Waals surface area contributed by atoms with E-state index < -0.39 is 0 Å². The van der Waals surface area contributed by atoms with E-state index in [-0.39, 0.29) is 0 Å². The van der Waals surface area contributed by atoms with Crippen molar-refractivity contribution in [3.05, 3.63) is 90.1 Å². The molecule has 5 aromatic rings. The van der Waals surface area contributed by atoms with Crippen LogP contribution in [0.1, 0.15) is 30.4 Å². The lowest BCUT2D eigenvalue weighted by Crippen LogP contribution is -2.33. The van der Waals surface area contributed by atoms with Gasteiger partial charge in [-0.2, -0.15) is 5.10 Å². The first-order chi connectivity index (χ1) is 19.6. The highest BCUT2D eigenvalue weighted by molar-refractivity contribution is 5.83. The summed E-state index contributed by atoms with van der Waals surface area (Å²) in [6.45, 7) is 2.11. The van der Waals surface area contributed by atoms with Gasteiger partial charge in [-0.25, -0.2) is 19.6 Å². The van der Waals surface area contributed by atoms with Crippen LogP contribution in [-0.2, 0) is 12.8 Å². The molecule has 1 fully saturated rings. The van der Waals surface area contributed by atoms with E-state index >= 15 is 0 Å². The van der Waals surface area contributed by atoms with E-state index in [1.165, 1.54) is 36.6 Å². The molecule has 0 radical (unpaired) electrons. The van der Waals surface area contributed by atoms with Crippen LogP contribution in [0, 0.1) is 5.92 Å². The van der Waals surface area contributed by atoms with Crippen molar-refractivity contribution in [2.75, 3.05) is 18.8 Å². The van der Waals surface area contributed by atoms with Gasteiger partial charge in [-0.05, 0) is 92.2 Å². The number of hydrogen-bond acceptors (Lipinski definition) is 8. The minimum atomic E-state index is 0.447. The first-order valence-corrected chi connectivity index (χ1v) is 13.7. The fourth-order valence-corrected chi connectivity index (χ4v) is 5.48. The Bertz CT molecular complexity index is 1640. The average molecular weight is 535 g/mol. The molecular formula is C30H34N10. The molecule has 10 nitrogen and oxygen atoms in total. The maximum atomic E-state index is 6.22. The van der Waals surface area contributed by atoms with Crippen LogP contribution < -0.4 is 22.5 Å². The first-order valence-electron chi connectivity index (χ1n) is 13.7. The van der Waals surface area contributed by atoms with Gasteiger partial charge in [0.05, 0.1) is 5.56 Å². The van der Waals surface area contributed by atoms with Crippen molar-refractivity contribution in [3.63, 3.8) is 0 Å². The summed E-state index contributed by atoms with van der Waals surface area (Å²) in [7, 11) is 0. The number of benzene rings is 1. The van der Waals surface area contributed by atoms with E-state index in [2.05, 4.69) is 38.2 Å². The number of aryl methyl sites for hydroxylation is 2. The molecule has 1 saturated heterocycles. The zero-order chi connectivity index (χ0) is 27.5. The Kier molecular flexibility index (Phi) is 7.15. The summed E-state index contributed by atoms with van der Waals surface area (Å²) in [5.74, 6) is 2.39. The quantitative estimate of drug-likeness (QED) is 0.274. The number of piperidine rings is 1. The highest BCUT2D eigenvalue weighted by Gasteiger charge is 2.20. The lowest BCUT2D eigenvalue weighted by molar-refractivity contribution is 0.419. The molecule has 1 aliphatic heterocycles. The highest BCUT2D eigenvalue weighted by atomic mass is 15.3. The van der Waals surface area contributed by atoms with Crippen molar-refractivity contribution in [1.82, 2.24) is 34.6 Å². The van der Waals surface area contributed by atoms with Gasteiger partial charge in [0.15, 0.2) is 17.3 Å². The van der Waals surface area contributed by atoms with E-state index in [0.717, 1.165) is 65.7 Å². The van der Waals surface area contributed by atoms with E-state index in [9.17, 15) is 0 Å². The summed E-state index contributed by atoms with van der Waals surface area (Å²) < 4.78 is 3.83. The summed E-state index contributed by atoms with van der Waals surface area (Å²) in [6.07, 6.45) is 12.7. The molecule has 40 heavy (non-hydrogen) atoms. The Balaban J connectivity index is 0.000000246. The van der Waals surface area contributed by atoms with Gasteiger partial charge in [0, 0.05) is 48.6 Å². The number of hydrogen-bond donors (Lipinski definition) is 4. The van der Waals surface area contributed by atoms with Gasteiger partial charge >= 0.3 is 0 Å². The number of imidazole rings is 1. The Morgan fingerprint density at radius 3 is 2.67 bits per heavy atom. The van der Waals surface area contributed by atoms with Crippen LogP contribution in [0.3, 0.4) is 0 Å². The van der Waals surface area contributed by atoms with Crippen LogP contribution in [0.2, 0.25) is 0 Å². The van der Waals surface area contributed by atoms with Crippen LogP contribution in [0.4, 0.5) is 5.82 Å². The molecule has 0 spiro atoms. The zero-order valence-electron chi connectivity index (χ0n) is 22.4. The monoisotopic (exact) mass is 534 g/mol. The van der Waals surface area contributed by atoms with Crippen molar-refractivity contribution >= 4 is 17.0 Å². The third-order valence-electron chi connectivity index (χ3n) is 7.61. The van der Waals surface area contributed by atoms with Gasteiger partial charge in [0.25, 0.3) is 0 Å². The largest absolute Gasteiger partial charge is 0.403 e. The molecule has 1 atom stereocenters. The Labute approximate surface area is 232 Å². The summed E-state index contributed by atoms with van der Waals surface area (Å²) in [4.78, 5) is 14.1. The number of aromatic nitrogens is 6. The number of nitrogen functional groups attached to an aromatic ring is 1. The van der Waals surface area contributed by atoms with Crippen LogP contribution in [0.25, 0.3) is 34.1 Å². The molecule has 5 heterocycles. The summed E-state index contributed by atoms with van der Waals surface area (Å²) in [5.41, 5.74) is 24.2. The molecule has 4 aromatic heterocycles. The maximum absolute atomic E-state index is 6.22. The van der Waals surface area contributed by atoms with Gasteiger partial charge in [-0.3, -0.25) is 4.57 Å². The van der Waals surface area contributed by atoms with Crippen molar-refractivity contribution in [1.29, 1.82) is 0 Å². The van der Waals surface area contributed by atoms with Gasteiger partial charge in [-0.1, -0.05) is 6.07 Å². The molecule has 204 valence electrons. The van der Waals surface area contributed by atoms with Crippen LogP contribution in [0.15, 0.2) is 79.0 Å². The minimum absolute atomic E-state index is 0.447. The lowest BCUT2D eigenvalue weighted by atomic mass is 9.97. The predicted octanol–water partition coefficient (Wildman–Crippen LogP) is 3.48. The molecule has 0 saturated carbocycles. The SMILES string of the molecule is N/C=C(\N)C1CCCNC1.Nc1ncccc1-c1nc2ccc(-n3cccn3)nc2n1-c1ccc2c(c1)CCC2. The molecule has 7 N–H and O–H groups in total. The van der Waals surface area contributed by atoms with E-state index in [4.69, 9.17) is 27.2 Å². The number of anilines is 1. The number of fused-ring (bicyclic) bond motifs is 2. The third kappa shape index (κ3) is 5.01. The molecule has 0 bridgehead atoms. The summed E-state index contributed by atoms with van der Waals surface area (Å²) >= 11 is 0. The van der Waals surface area contributed by atoms with Gasteiger partial charge in [0.1, 0.15) is 11.3 Å². The second kappa shape index (κ2) is 11.2. The fourth-order valence-electron chi connectivity index (χ4n) is 5.48. The van der Waals surface area contributed by atoms with Crippen molar-refractivity contribution < 1.29 is 0 Å². The molecule has 1 unspecified atom stereocenters. The Morgan fingerprint density at radius 2 is 1.90 bits per heavy atom. The number of nitrogens with zero attached hydrogens (tertiary/aromatic N) is 6. The van der Waals surface area contributed by atoms with Gasteiger partial charge in [0.2, 0.25) is 0 Å². The Morgan fingerprint density at radius 1 is 1.00 bits per heavy atom. The van der Waals surface area contributed by atoms with Crippen molar-refractivity contribution in [2.45, 2.75) is 32.1 Å². The van der Waals surface area contributed by atoms with Gasteiger partial charge < -0.3 is 22.5 Å². The predicted molar refractivity (Wildman–Crippen MR) is 158 cm³/mol. The molecule has 1 aromatic carbocycles. The topological polar surface area (TPSA) is 152 Å². The molecule has 0 amide bonds. The first kappa shape index (κ1) is 25.6. The standard InChI is InChI=1S/C23H19N7.C7H15N3/c24-21-18(6-2-11-25-21)22-27-19-9-10-20(29-13-3-12-26-29)28-23(19)30(22)17-8-7-15-4-1-5-16(15)14-17;8-4-7(9)6-2-1-3-10-5-6/h2-3,6-14H,1,4-5H2,(H2,24,25);4,6,10H,1-3,5,8-9H2/b;7-4-. The number of pyridine rings is 2. The molecule has 1 aliphatic carbocycles. The fraction of sp³-hybridized carbons (Fsp3) is 0.267. The van der Waals surface area contributed by atoms with Crippen molar-refractivity contribution in [2.24, 2.45) is 17.4 Å². The molecular weight excluding hydrogens is 500 g/mol. The molecule has 2 aliphatic rings. The molecule has 10 heteroatoms. The maximum Gasteiger partial charge on any atom is 0.167 e. The summed E-state index contributed by atoms with van der Waals surface area (Å²) in [6, 6.07) is 16.2. The highest BCUT2D eigenvalue weighted by Crippen LogP contribution is 2.32. The number of rotatable bonds is 4. The second-order valence-electron chi connectivity index (χ2n) is 10.2. The second-order valence-corrected chi connectivity index (χ2v) is 10.2. The van der Waals surface area contributed by atoms with E-state index in [1.807, 2.05) is 36.5 Å². The van der Waals surface area contributed by atoms with E-state index in [0.29, 0.717) is 11.7 Å². The van der Waals surface area contributed by atoms with Crippen LogP contribution >= 0.6 is 0 Å². The minimum Gasteiger partial charge on any atom is -0.403 e. The number of nitrogens with two attached hydrogens (primary N) is 3. The van der Waals surface area contributed by atoms with Gasteiger partial charge in [-0.15, -0.1) is 0 Å². The summed E-state index contributed by atoms with van der Waals surface area (Å²) in [5, 5.41) is 7.59. The van der Waals surface area contributed by atoms with Crippen LogP contribution in [-0.4, -0.2) is 42.4 Å². The smallest absolute Gasteiger partial charge is 0.167 e. The average Bonchev–Trinajstić information content (AvgIpc) is 3.77. The number of nitrogens with one attached hydrogen (secondary N) is 1. The molecule has 7 rings (SSSR count). The van der Waals surface area contributed by atoms with Crippen molar-refractivity contribution in [3.8, 4) is 22.9 Å². The lowest BCUT2D eigenvalue weighted by Gasteiger charge is -2.22. The van der Waals surface area contributed by atoms with E-state index in [1.54, 1.807) is 17.1 Å². The van der Waals surface area contributed by atoms with Crippen LogP contribution in [0.5, 0.6) is 0 Å². The normalized spacial score (nSPS) is 16.9. The zero-order valence-corrected chi connectivity index (χ0v) is 22.4. The Hall–Kier alpha value is -4.70.